The number of hydrogen-bond donors (Lipinski definition) is 0. The zero-order valence-electron chi connectivity index (χ0n) is 14.7. The van der Waals surface area contributed by atoms with Crippen molar-refractivity contribution >= 4 is 17.2 Å². The van der Waals surface area contributed by atoms with Crippen molar-refractivity contribution < 1.29 is 22.7 Å². The zero-order chi connectivity index (χ0) is 19.3. The van der Waals surface area contributed by atoms with Crippen LogP contribution in [0.25, 0.3) is 0 Å². The first-order chi connectivity index (χ1) is 12.9. The van der Waals surface area contributed by atoms with Crippen molar-refractivity contribution in [2.75, 3.05) is 39.3 Å². The average molecular weight is 398 g/mol. The third kappa shape index (κ3) is 5.71. The number of benzene rings is 1. The molecule has 2 aromatic rings. The van der Waals surface area contributed by atoms with Crippen molar-refractivity contribution in [1.29, 1.82) is 0 Å². The summed E-state index contributed by atoms with van der Waals surface area (Å²) in [5, 5.41) is 2.07. The van der Waals surface area contributed by atoms with Crippen molar-refractivity contribution in [3.8, 4) is 5.75 Å². The topological polar surface area (TPSA) is 32.8 Å². The lowest BCUT2D eigenvalue weighted by atomic mass is 10.2. The molecule has 0 spiro atoms. The smallest absolute Gasteiger partial charge is 0.416 e. The Kier molecular flexibility index (Phi) is 6.38. The van der Waals surface area contributed by atoms with Crippen LogP contribution in [0.1, 0.15) is 10.4 Å². The predicted octanol–water partition coefficient (Wildman–Crippen LogP) is 3.53. The highest BCUT2D eigenvalue weighted by Gasteiger charge is 2.30. The molecule has 1 saturated heterocycles. The molecule has 4 nitrogen and oxygen atoms in total. The Hall–Kier alpha value is -2.06. The van der Waals surface area contributed by atoms with Gasteiger partial charge < -0.3 is 9.64 Å². The summed E-state index contributed by atoms with van der Waals surface area (Å²) < 4.78 is 43.4. The Morgan fingerprint density at radius 3 is 2.56 bits per heavy atom. The number of carbonyl (C=O) groups excluding carboxylic acids is 1. The zero-order valence-corrected chi connectivity index (χ0v) is 15.6. The number of nitrogens with zero attached hydrogens (tertiary/aromatic N) is 2. The van der Waals surface area contributed by atoms with Crippen molar-refractivity contribution in [2.45, 2.75) is 12.6 Å². The second-order valence-electron chi connectivity index (χ2n) is 6.37. The van der Waals surface area contributed by atoms with Crippen LogP contribution in [0.4, 0.5) is 13.2 Å². The lowest BCUT2D eigenvalue weighted by Crippen LogP contribution is -2.50. The first-order valence-electron chi connectivity index (χ1n) is 8.74. The molecule has 8 heteroatoms. The predicted molar refractivity (Wildman–Crippen MR) is 98.0 cm³/mol. The maximum absolute atomic E-state index is 12.7. The summed E-state index contributed by atoms with van der Waals surface area (Å²) in [4.78, 5) is 17.6. The van der Waals surface area contributed by atoms with Crippen LogP contribution >= 0.6 is 11.3 Å². The highest BCUT2D eigenvalue weighted by Crippen LogP contribution is 2.31. The average Bonchev–Trinajstić information content (AvgIpc) is 3.18. The number of thiophene rings is 1. The molecule has 0 saturated carbocycles. The molecule has 2 heterocycles. The maximum atomic E-state index is 12.7. The molecule has 0 bridgehead atoms. The minimum Gasteiger partial charge on any atom is -0.484 e. The summed E-state index contributed by atoms with van der Waals surface area (Å²) in [6.45, 7) is 3.51. The van der Waals surface area contributed by atoms with Crippen molar-refractivity contribution in [1.82, 2.24) is 9.80 Å². The van der Waals surface area contributed by atoms with Gasteiger partial charge >= 0.3 is 6.18 Å². The van der Waals surface area contributed by atoms with E-state index in [0.29, 0.717) is 13.1 Å². The van der Waals surface area contributed by atoms with Gasteiger partial charge in [0.05, 0.1) is 5.56 Å². The van der Waals surface area contributed by atoms with Crippen molar-refractivity contribution in [2.24, 2.45) is 0 Å². The van der Waals surface area contributed by atoms with Gasteiger partial charge in [-0.1, -0.05) is 12.1 Å². The van der Waals surface area contributed by atoms with Crippen LogP contribution < -0.4 is 4.74 Å². The summed E-state index contributed by atoms with van der Waals surface area (Å²) in [5.41, 5.74) is -0.785. The third-order valence-corrected chi connectivity index (χ3v) is 5.44. The second-order valence-corrected chi connectivity index (χ2v) is 7.40. The standard InChI is InChI=1S/C19H21F3N2O2S/c20-19(21,22)15-3-1-4-16(13-15)26-14-18(25)24-10-8-23(9-11-24)7-6-17-5-2-12-27-17/h1-5,12-13H,6-11,14H2. The Bertz CT molecular complexity index is 742. The van der Waals surface area contributed by atoms with Crippen LogP contribution in [-0.4, -0.2) is 55.0 Å². The molecule has 1 aliphatic heterocycles. The number of halogens is 3. The van der Waals surface area contributed by atoms with E-state index in [9.17, 15) is 18.0 Å². The van der Waals surface area contributed by atoms with Gasteiger partial charge in [0.15, 0.2) is 6.61 Å². The Balaban J connectivity index is 1.42. The second kappa shape index (κ2) is 8.75. The van der Waals surface area contributed by atoms with Gasteiger partial charge in [0.1, 0.15) is 5.75 Å². The number of ether oxygens (including phenoxy) is 1. The molecule has 1 aromatic heterocycles. The monoisotopic (exact) mass is 398 g/mol. The van der Waals surface area contributed by atoms with E-state index >= 15 is 0 Å². The van der Waals surface area contributed by atoms with Gasteiger partial charge in [-0.15, -0.1) is 11.3 Å². The summed E-state index contributed by atoms with van der Waals surface area (Å²) in [6.07, 6.45) is -3.42. The number of amides is 1. The lowest BCUT2D eigenvalue weighted by molar-refractivity contribution is -0.137. The van der Waals surface area contributed by atoms with Crippen LogP contribution in [0.5, 0.6) is 5.75 Å². The molecule has 3 rings (SSSR count). The Labute approximate surface area is 160 Å². The first-order valence-corrected chi connectivity index (χ1v) is 9.62. The normalized spacial score (nSPS) is 15.7. The van der Waals surface area contributed by atoms with Crippen LogP contribution in [0.2, 0.25) is 0 Å². The summed E-state index contributed by atoms with van der Waals surface area (Å²) in [5.74, 6) is -0.155. The minimum atomic E-state index is -4.43. The van der Waals surface area contributed by atoms with Gasteiger partial charge in [-0.25, -0.2) is 0 Å². The SMILES string of the molecule is O=C(COc1cccc(C(F)(F)F)c1)N1CCN(CCc2cccs2)CC1. The molecule has 1 amide bonds. The molecule has 1 aliphatic rings. The number of rotatable bonds is 6. The summed E-state index contributed by atoms with van der Waals surface area (Å²) in [7, 11) is 0. The number of piperazine rings is 1. The molecule has 0 atom stereocenters. The van der Waals surface area contributed by atoms with E-state index in [4.69, 9.17) is 4.74 Å². The highest BCUT2D eigenvalue weighted by atomic mass is 32.1. The number of hydrogen-bond acceptors (Lipinski definition) is 4. The fourth-order valence-corrected chi connectivity index (χ4v) is 3.64. The van der Waals surface area contributed by atoms with E-state index < -0.39 is 11.7 Å². The van der Waals surface area contributed by atoms with E-state index in [-0.39, 0.29) is 18.3 Å². The molecule has 1 aromatic carbocycles. The molecular weight excluding hydrogens is 377 g/mol. The quantitative estimate of drug-likeness (QED) is 0.746. The largest absolute Gasteiger partial charge is 0.484 e. The van der Waals surface area contributed by atoms with Crippen molar-refractivity contribution in [3.63, 3.8) is 0 Å². The van der Waals surface area contributed by atoms with E-state index in [1.165, 1.54) is 17.0 Å². The molecular formula is C19H21F3N2O2S. The molecule has 0 unspecified atom stereocenters. The van der Waals surface area contributed by atoms with Gasteiger partial charge in [-0.2, -0.15) is 13.2 Å². The van der Waals surface area contributed by atoms with Crippen LogP contribution in [0.15, 0.2) is 41.8 Å². The van der Waals surface area contributed by atoms with Gasteiger partial charge in [-0.3, -0.25) is 9.69 Å². The summed E-state index contributed by atoms with van der Waals surface area (Å²) in [6, 6.07) is 8.75. The molecule has 0 radical (unpaired) electrons. The molecule has 1 fully saturated rings. The third-order valence-electron chi connectivity index (χ3n) is 4.50. The van der Waals surface area contributed by atoms with Crippen molar-refractivity contribution in [3.05, 3.63) is 52.2 Å². The fourth-order valence-electron chi connectivity index (χ4n) is 2.94. The van der Waals surface area contributed by atoms with Gasteiger partial charge in [0.25, 0.3) is 5.91 Å². The Morgan fingerprint density at radius 2 is 1.89 bits per heavy atom. The number of carbonyl (C=O) groups is 1. The van der Waals surface area contributed by atoms with Crippen LogP contribution in [0.3, 0.4) is 0 Å². The van der Waals surface area contributed by atoms with E-state index in [0.717, 1.165) is 38.2 Å². The van der Waals surface area contributed by atoms with Gasteiger partial charge in [0, 0.05) is 37.6 Å². The lowest BCUT2D eigenvalue weighted by Gasteiger charge is -2.34. The van der Waals surface area contributed by atoms with Gasteiger partial charge in [0.2, 0.25) is 0 Å². The maximum Gasteiger partial charge on any atom is 0.416 e. The molecule has 0 aliphatic carbocycles. The van der Waals surface area contributed by atoms with E-state index in [1.54, 1.807) is 16.2 Å². The molecule has 0 N–H and O–H groups in total. The minimum absolute atomic E-state index is 0.0489. The highest BCUT2D eigenvalue weighted by molar-refractivity contribution is 7.09. The first kappa shape index (κ1) is 19.7. The van der Waals surface area contributed by atoms with Crippen LogP contribution in [-0.2, 0) is 17.4 Å². The number of alkyl halides is 3. The van der Waals surface area contributed by atoms with Gasteiger partial charge in [-0.05, 0) is 36.1 Å². The van der Waals surface area contributed by atoms with E-state index in [1.807, 2.05) is 6.07 Å². The summed E-state index contributed by atoms with van der Waals surface area (Å²) >= 11 is 1.75. The molecule has 146 valence electrons. The van der Waals surface area contributed by atoms with Crippen LogP contribution in [0, 0.1) is 0 Å². The molecule has 27 heavy (non-hydrogen) atoms. The Morgan fingerprint density at radius 1 is 1.11 bits per heavy atom. The van der Waals surface area contributed by atoms with E-state index in [2.05, 4.69) is 16.3 Å². The fraction of sp³-hybridized carbons (Fsp3) is 0.421.